The summed E-state index contributed by atoms with van der Waals surface area (Å²) in [4.78, 5) is 39.2. The number of fused-ring (bicyclic) bond motifs is 2. The van der Waals surface area contributed by atoms with E-state index in [0.29, 0.717) is 38.2 Å². The zero-order valence-corrected chi connectivity index (χ0v) is 27.6. The Morgan fingerprint density at radius 3 is 2.30 bits per heavy atom. The average molecular weight is 627 g/mol. The first-order valence-electron chi connectivity index (χ1n) is 16.6. The smallest absolute Gasteiger partial charge is 0.255 e. The number of amides is 2. The van der Waals surface area contributed by atoms with Gasteiger partial charge in [-0.25, -0.2) is 0 Å². The molecule has 2 amide bonds. The maximum atomic E-state index is 14.7. The van der Waals surface area contributed by atoms with Gasteiger partial charge in [0.1, 0.15) is 11.8 Å². The van der Waals surface area contributed by atoms with Gasteiger partial charge in [0.05, 0.1) is 24.5 Å². The number of aromatic nitrogens is 1. The molecular formula is C40H42N4O3. The second-order valence-corrected chi connectivity index (χ2v) is 13.2. The minimum absolute atomic E-state index is 0.0151. The van der Waals surface area contributed by atoms with Crippen molar-refractivity contribution in [2.45, 2.75) is 39.3 Å². The lowest BCUT2D eigenvalue weighted by Crippen LogP contribution is -2.56. The first-order valence-corrected chi connectivity index (χ1v) is 16.6. The number of carbonyl (C=O) groups excluding carboxylic acids is 2. The minimum atomic E-state index is -0.614. The third kappa shape index (κ3) is 5.54. The fourth-order valence-corrected chi connectivity index (χ4v) is 7.40. The molecule has 7 rings (SSSR count). The van der Waals surface area contributed by atoms with Crippen molar-refractivity contribution in [1.29, 1.82) is 0 Å². The van der Waals surface area contributed by atoms with Crippen molar-refractivity contribution in [3.8, 4) is 17.0 Å². The van der Waals surface area contributed by atoms with Crippen molar-refractivity contribution in [1.82, 2.24) is 14.8 Å². The summed E-state index contributed by atoms with van der Waals surface area (Å²) in [6.45, 7) is 8.88. The highest BCUT2D eigenvalue weighted by molar-refractivity contribution is 6.04. The predicted octanol–water partition coefficient (Wildman–Crippen LogP) is 7.46. The molecule has 240 valence electrons. The molecule has 2 aliphatic rings. The molecule has 47 heavy (non-hydrogen) atoms. The molecule has 0 aliphatic carbocycles. The number of aryl methyl sites for hydroxylation is 1. The van der Waals surface area contributed by atoms with Crippen LogP contribution in [0.3, 0.4) is 0 Å². The molecule has 1 N–H and O–H groups in total. The van der Waals surface area contributed by atoms with Crippen molar-refractivity contribution in [2.24, 2.45) is 5.92 Å². The number of hydrogen-bond acceptors (Lipinski definition) is 4. The van der Waals surface area contributed by atoms with Crippen LogP contribution in [0, 0.1) is 12.8 Å². The second kappa shape index (κ2) is 12.6. The van der Waals surface area contributed by atoms with Crippen LogP contribution >= 0.6 is 0 Å². The SMILES string of the molecule is COc1ccccc1N1CCN(C(=O)C(CC(C)C)N2C(=O)c3ccccc3C2c2c(-c3ccc(C)cc3)[nH]c3ccccc23)CC1. The van der Waals surface area contributed by atoms with Crippen LogP contribution in [0.15, 0.2) is 97.1 Å². The first-order chi connectivity index (χ1) is 22.9. The Balaban J connectivity index is 1.30. The highest BCUT2D eigenvalue weighted by atomic mass is 16.5. The van der Waals surface area contributed by atoms with E-state index in [1.54, 1.807) is 7.11 Å². The van der Waals surface area contributed by atoms with E-state index in [-0.39, 0.29) is 17.7 Å². The molecule has 7 heteroatoms. The fourth-order valence-electron chi connectivity index (χ4n) is 7.40. The number of nitrogens with one attached hydrogen (secondary N) is 1. The number of rotatable bonds is 8. The Morgan fingerprint density at radius 1 is 0.872 bits per heavy atom. The standard InChI is InChI=1S/C40H42N4O3/c1-26(2)25-34(40(46)43-23-21-42(22-24-43)33-15-9-10-16-35(33)47-4)44-38(29-11-5-6-12-30(29)39(44)45)36-31-13-7-8-14-32(31)41-37(36)28-19-17-27(3)18-20-28/h5-20,26,34,38,41H,21-25H2,1-4H3. The fraction of sp³-hybridized carbons (Fsp3) is 0.300. The summed E-state index contributed by atoms with van der Waals surface area (Å²) in [5, 5.41) is 1.06. The van der Waals surface area contributed by atoms with Crippen molar-refractivity contribution < 1.29 is 14.3 Å². The summed E-state index contributed by atoms with van der Waals surface area (Å²) < 4.78 is 5.62. The number of ether oxygens (including phenoxy) is 1. The lowest BCUT2D eigenvalue weighted by molar-refractivity contribution is -0.137. The molecule has 7 nitrogen and oxygen atoms in total. The van der Waals surface area contributed by atoms with Gasteiger partial charge in [0.2, 0.25) is 5.91 Å². The van der Waals surface area contributed by atoms with E-state index in [1.165, 1.54) is 5.56 Å². The van der Waals surface area contributed by atoms with Crippen molar-refractivity contribution >= 4 is 28.4 Å². The quantitative estimate of drug-likeness (QED) is 0.194. The molecule has 3 heterocycles. The van der Waals surface area contributed by atoms with E-state index < -0.39 is 12.1 Å². The number of para-hydroxylation sites is 3. The number of aromatic amines is 1. The van der Waals surface area contributed by atoms with Crippen LogP contribution < -0.4 is 9.64 Å². The number of piperazine rings is 1. The summed E-state index contributed by atoms with van der Waals surface area (Å²) in [5.41, 5.74) is 7.90. The van der Waals surface area contributed by atoms with E-state index in [1.807, 2.05) is 58.3 Å². The highest BCUT2D eigenvalue weighted by Gasteiger charge is 2.47. The van der Waals surface area contributed by atoms with E-state index in [0.717, 1.165) is 44.7 Å². The molecule has 0 radical (unpaired) electrons. The lowest BCUT2D eigenvalue weighted by atomic mass is 9.91. The van der Waals surface area contributed by atoms with Gasteiger partial charge >= 0.3 is 0 Å². The number of benzene rings is 4. The molecule has 0 bridgehead atoms. The van der Waals surface area contributed by atoms with Crippen molar-refractivity contribution in [2.75, 3.05) is 38.2 Å². The van der Waals surface area contributed by atoms with Crippen LogP contribution in [-0.4, -0.2) is 65.9 Å². The Hall–Kier alpha value is -5.04. The van der Waals surface area contributed by atoms with Crippen molar-refractivity contribution in [3.63, 3.8) is 0 Å². The van der Waals surface area contributed by atoms with E-state index in [2.05, 4.69) is 79.2 Å². The van der Waals surface area contributed by atoms with E-state index in [9.17, 15) is 9.59 Å². The Kier molecular flexibility index (Phi) is 8.22. The lowest BCUT2D eigenvalue weighted by Gasteiger charge is -2.41. The molecule has 2 unspecified atom stereocenters. The molecule has 1 aromatic heterocycles. The number of anilines is 1. The van der Waals surface area contributed by atoms with Crippen LogP contribution in [-0.2, 0) is 4.79 Å². The molecule has 5 aromatic rings. The van der Waals surface area contributed by atoms with Gasteiger partial charge in [-0.3, -0.25) is 9.59 Å². The second-order valence-electron chi connectivity index (χ2n) is 13.2. The molecule has 1 saturated heterocycles. The molecular weight excluding hydrogens is 584 g/mol. The van der Waals surface area contributed by atoms with Gasteiger partial charge in [-0.05, 0) is 54.7 Å². The largest absolute Gasteiger partial charge is 0.495 e. The third-order valence-corrected chi connectivity index (χ3v) is 9.69. The summed E-state index contributed by atoms with van der Waals surface area (Å²) in [5.74, 6) is 0.963. The molecule has 0 saturated carbocycles. The third-order valence-electron chi connectivity index (χ3n) is 9.69. The Labute approximate surface area is 276 Å². The summed E-state index contributed by atoms with van der Waals surface area (Å²) >= 11 is 0. The Morgan fingerprint density at radius 2 is 1.55 bits per heavy atom. The number of carbonyl (C=O) groups is 2. The van der Waals surface area contributed by atoms with Gasteiger partial charge in [0, 0.05) is 48.2 Å². The number of methoxy groups -OCH3 is 1. The van der Waals surface area contributed by atoms with Crippen LogP contribution in [0.1, 0.15) is 53.4 Å². The van der Waals surface area contributed by atoms with Gasteiger partial charge in [-0.1, -0.05) is 92.2 Å². The van der Waals surface area contributed by atoms with Gasteiger partial charge < -0.3 is 24.4 Å². The number of nitrogens with zero attached hydrogens (tertiary/aromatic N) is 3. The highest BCUT2D eigenvalue weighted by Crippen LogP contribution is 2.47. The van der Waals surface area contributed by atoms with E-state index in [4.69, 9.17) is 4.74 Å². The molecule has 2 aliphatic heterocycles. The minimum Gasteiger partial charge on any atom is -0.495 e. The monoisotopic (exact) mass is 626 g/mol. The Bertz CT molecular complexity index is 1920. The molecule has 4 aromatic carbocycles. The average Bonchev–Trinajstić information content (AvgIpc) is 3.62. The van der Waals surface area contributed by atoms with Gasteiger partial charge in [-0.2, -0.15) is 0 Å². The van der Waals surface area contributed by atoms with Gasteiger partial charge in [0.15, 0.2) is 0 Å². The first kappa shape index (κ1) is 30.6. The zero-order chi connectivity index (χ0) is 32.7. The van der Waals surface area contributed by atoms with Crippen LogP contribution in [0.2, 0.25) is 0 Å². The predicted molar refractivity (Wildman–Crippen MR) is 188 cm³/mol. The topological polar surface area (TPSA) is 68.9 Å². The molecule has 0 spiro atoms. The zero-order valence-electron chi connectivity index (χ0n) is 27.6. The molecule has 2 atom stereocenters. The van der Waals surface area contributed by atoms with Gasteiger partial charge in [-0.15, -0.1) is 0 Å². The van der Waals surface area contributed by atoms with Crippen LogP contribution in [0.25, 0.3) is 22.2 Å². The normalized spacial score (nSPS) is 17.0. The summed E-state index contributed by atoms with van der Waals surface area (Å²) in [7, 11) is 1.69. The van der Waals surface area contributed by atoms with Gasteiger partial charge in [0.25, 0.3) is 5.91 Å². The number of H-pyrrole nitrogens is 1. The van der Waals surface area contributed by atoms with Crippen LogP contribution in [0.5, 0.6) is 5.75 Å². The number of hydrogen-bond donors (Lipinski definition) is 1. The maximum Gasteiger partial charge on any atom is 0.255 e. The van der Waals surface area contributed by atoms with E-state index >= 15 is 0 Å². The molecule has 1 fully saturated rings. The maximum absolute atomic E-state index is 14.7. The summed E-state index contributed by atoms with van der Waals surface area (Å²) in [6.07, 6.45) is 0.573. The van der Waals surface area contributed by atoms with Crippen molar-refractivity contribution in [3.05, 3.63) is 119 Å². The van der Waals surface area contributed by atoms with Crippen LogP contribution in [0.4, 0.5) is 5.69 Å². The summed E-state index contributed by atoms with van der Waals surface area (Å²) in [6, 6.07) is 31.7.